The molecular formula is C19H25N3O4. The van der Waals surface area contributed by atoms with E-state index in [-0.39, 0.29) is 18.5 Å². The lowest BCUT2D eigenvalue weighted by molar-refractivity contribution is 0.0162. The van der Waals surface area contributed by atoms with Gasteiger partial charge in [-0.1, -0.05) is 12.1 Å². The van der Waals surface area contributed by atoms with Gasteiger partial charge in [-0.25, -0.2) is 0 Å². The molecule has 0 saturated carbocycles. The molecule has 1 aromatic heterocycles. The third-order valence-corrected chi connectivity index (χ3v) is 4.56. The van der Waals surface area contributed by atoms with Crippen LogP contribution in [-0.2, 0) is 11.3 Å². The highest BCUT2D eigenvalue weighted by Gasteiger charge is 2.23. The van der Waals surface area contributed by atoms with Gasteiger partial charge < -0.3 is 24.9 Å². The molecule has 3 rings (SSSR count). The van der Waals surface area contributed by atoms with Crippen LogP contribution < -0.4 is 15.8 Å². The van der Waals surface area contributed by atoms with Gasteiger partial charge in [0, 0.05) is 19.6 Å². The number of nitrogens with two attached hydrogens (primary N) is 1. The number of amides is 1. The minimum atomic E-state index is -0.166. The second-order valence-corrected chi connectivity index (χ2v) is 6.15. The predicted molar refractivity (Wildman–Crippen MR) is 97.1 cm³/mol. The molecule has 1 aliphatic heterocycles. The summed E-state index contributed by atoms with van der Waals surface area (Å²) < 4.78 is 15.9. The Labute approximate surface area is 153 Å². The third kappa shape index (κ3) is 4.43. The first-order valence-corrected chi connectivity index (χ1v) is 8.72. The molecule has 7 heteroatoms. The normalized spacial score (nSPS) is 16.2. The van der Waals surface area contributed by atoms with Crippen LogP contribution in [0.25, 0.3) is 0 Å². The molecule has 1 amide bonds. The minimum Gasteiger partial charge on any atom is -0.497 e. The molecule has 1 fully saturated rings. The Hall–Kier alpha value is -2.35. The first-order valence-electron chi connectivity index (χ1n) is 8.72. The van der Waals surface area contributed by atoms with E-state index in [2.05, 4.69) is 10.2 Å². The standard InChI is InChI=1S/C19H25N3O4/c1-24-16-4-2-14(3-5-16)18(22-6-8-25-9-7-22)12-21-19(23)15-10-17(11-20)26-13-15/h2-5,10,13,18H,6-9,11-12,20H2,1H3,(H,21,23). The van der Waals surface area contributed by atoms with Gasteiger partial charge in [0.15, 0.2) is 0 Å². The number of benzene rings is 1. The number of carbonyl (C=O) groups excluding carboxylic acids is 1. The van der Waals surface area contributed by atoms with Crippen LogP contribution in [0.2, 0.25) is 0 Å². The fraction of sp³-hybridized carbons (Fsp3) is 0.421. The molecule has 0 spiro atoms. The van der Waals surface area contributed by atoms with E-state index in [1.165, 1.54) is 6.26 Å². The topological polar surface area (TPSA) is 90.0 Å². The van der Waals surface area contributed by atoms with Crippen LogP contribution in [0.15, 0.2) is 41.0 Å². The molecule has 2 aromatic rings. The predicted octanol–water partition coefficient (Wildman–Crippen LogP) is 1.55. The zero-order valence-corrected chi connectivity index (χ0v) is 14.9. The van der Waals surface area contributed by atoms with Gasteiger partial charge in [-0.05, 0) is 23.8 Å². The first kappa shape index (κ1) is 18.4. The van der Waals surface area contributed by atoms with Crippen molar-refractivity contribution in [3.8, 4) is 5.75 Å². The number of carbonyl (C=O) groups is 1. The van der Waals surface area contributed by atoms with Crippen LogP contribution in [0.4, 0.5) is 0 Å². The van der Waals surface area contributed by atoms with E-state index in [4.69, 9.17) is 19.6 Å². The van der Waals surface area contributed by atoms with E-state index in [1.807, 2.05) is 24.3 Å². The number of hydrogen-bond donors (Lipinski definition) is 2. The van der Waals surface area contributed by atoms with Crippen LogP contribution >= 0.6 is 0 Å². The number of methoxy groups -OCH3 is 1. The molecule has 1 aliphatic rings. The van der Waals surface area contributed by atoms with Gasteiger partial charge >= 0.3 is 0 Å². The van der Waals surface area contributed by atoms with Crippen LogP contribution in [0.3, 0.4) is 0 Å². The summed E-state index contributed by atoms with van der Waals surface area (Å²) in [6.07, 6.45) is 1.44. The molecule has 0 radical (unpaired) electrons. The van der Waals surface area contributed by atoms with E-state index in [9.17, 15) is 4.79 Å². The SMILES string of the molecule is COc1ccc(C(CNC(=O)c2coc(CN)c2)N2CCOCC2)cc1. The Bertz CT molecular complexity index is 708. The average molecular weight is 359 g/mol. The van der Waals surface area contributed by atoms with Crippen molar-refractivity contribution >= 4 is 5.91 Å². The Morgan fingerprint density at radius 3 is 2.65 bits per heavy atom. The lowest BCUT2D eigenvalue weighted by atomic mass is 10.0. The second-order valence-electron chi connectivity index (χ2n) is 6.15. The molecule has 1 saturated heterocycles. The quantitative estimate of drug-likeness (QED) is 0.780. The zero-order chi connectivity index (χ0) is 18.4. The van der Waals surface area contributed by atoms with Crippen molar-refractivity contribution < 1.29 is 18.7 Å². The Balaban J connectivity index is 1.71. The minimum absolute atomic E-state index is 0.0645. The Morgan fingerprint density at radius 1 is 1.31 bits per heavy atom. The van der Waals surface area contributed by atoms with Gasteiger partial charge in [-0.3, -0.25) is 9.69 Å². The number of rotatable bonds is 7. The molecule has 1 atom stereocenters. The van der Waals surface area contributed by atoms with Gasteiger partial charge in [0.05, 0.1) is 38.5 Å². The van der Waals surface area contributed by atoms with E-state index < -0.39 is 0 Å². The maximum absolute atomic E-state index is 12.4. The smallest absolute Gasteiger partial charge is 0.254 e. The van der Waals surface area contributed by atoms with Crippen molar-refractivity contribution in [1.29, 1.82) is 0 Å². The molecule has 0 aliphatic carbocycles. The maximum atomic E-state index is 12.4. The number of nitrogens with one attached hydrogen (secondary N) is 1. The lowest BCUT2D eigenvalue weighted by Crippen LogP contribution is -2.43. The van der Waals surface area contributed by atoms with Gasteiger partial charge in [0.25, 0.3) is 5.91 Å². The maximum Gasteiger partial charge on any atom is 0.254 e. The van der Waals surface area contributed by atoms with E-state index in [1.54, 1.807) is 13.2 Å². The summed E-state index contributed by atoms with van der Waals surface area (Å²) in [6.45, 7) is 3.82. The Morgan fingerprint density at radius 2 is 2.04 bits per heavy atom. The summed E-state index contributed by atoms with van der Waals surface area (Å²) in [5.41, 5.74) is 7.14. The van der Waals surface area contributed by atoms with Crippen molar-refractivity contribution in [2.75, 3.05) is 40.0 Å². The van der Waals surface area contributed by atoms with Gasteiger partial charge in [0.2, 0.25) is 0 Å². The fourth-order valence-corrected chi connectivity index (χ4v) is 3.07. The average Bonchev–Trinajstić information content (AvgIpc) is 3.19. The molecule has 26 heavy (non-hydrogen) atoms. The lowest BCUT2D eigenvalue weighted by Gasteiger charge is -2.35. The van der Waals surface area contributed by atoms with E-state index in [0.717, 1.165) is 24.4 Å². The monoisotopic (exact) mass is 359 g/mol. The number of nitrogens with zero attached hydrogens (tertiary/aromatic N) is 1. The number of ether oxygens (including phenoxy) is 2. The second kappa shape index (κ2) is 8.84. The van der Waals surface area contributed by atoms with Gasteiger partial charge in [-0.15, -0.1) is 0 Å². The molecule has 1 unspecified atom stereocenters. The van der Waals surface area contributed by atoms with Gasteiger partial charge in [-0.2, -0.15) is 0 Å². The van der Waals surface area contributed by atoms with Crippen LogP contribution in [0.5, 0.6) is 5.75 Å². The van der Waals surface area contributed by atoms with Crippen molar-refractivity contribution in [3.63, 3.8) is 0 Å². The summed E-state index contributed by atoms with van der Waals surface area (Å²) in [5.74, 6) is 1.24. The zero-order valence-electron chi connectivity index (χ0n) is 14.9. The number of furan rings is 1. The number of morpholine rings is 1. The fourth-order valence-electron chi connectivity index (χ4n) is 3.07. The molecule has 7 nitrogen and oxygen atoms in total. The van der Waals surface area contributed by atoms with Crippen molar-refractivity contribution in [1.82, 2.24) is 10.2 Å². The Kier molecular flexibility index (Phi) is 6.27. The first-order chi connectivity index (χ1) is 12.7. The van der Waals surface area contributed by atoms with Crippen LogP contribution in [0.1, 0.15) is 27.7 Å². The summed E-state index contributed by atoms with van der Waals surface area (Å²) in [4.78, 5) is 14.7. The summed E-state index contributed by atoms with van der Waals surface area (Å²) in [5, 5.41) is 3.01. The highest BCUT2D eigenvalue weighted by atomic mass is 16.5. The van der Waals surface area contributed by atoms with Crippen LogP contribution in [0, 0.1) is 0 Å². The molecule has 0 bridgehead atoms. The molecular weight excluding hydrogens is 334 g/mol. The molecule has 2 heterocycles. The molecule has 140 valence electrons. The van der Waals surface area contributed by atoms with Gasteiger partial charge in [0.1, 0.15) is 17.8 Å². The largest absolute Gasteiger partial charge is 0.497 e. The van der Waals surface area contributed by atoms with E-state index >= 15 is 0 Å². The van der Waals surface area contributed by atoms with Crippen molar-refractivity contribution in [2.24, 2.45) is 5.73 Å². The number of hydrogen-bond acceptors (Lipinski definition) is 6. The highest BCUT2D eigenvalue weighted by Crippen LogP contribution is 2.24. The summed E-state index contributed by atoms with van der Waals surface area (Å²) >= 11 is 0. The molecule has 1 aromatic carbocycles. The summed E-state index contributed by atoms with van der Waals surface area (Å²) in [7, 11) is 1.65. The van der Waals surface area contributed by atoms with Crippen LogP contribution in [-0.4, -0.2) is 50.8 Å². The van der Waals surface area contributed by atoms with Crippen molar-refractivity contribution in [2.45, 2.75) is 12.6 Å². The third-order valence-electron chi connectivity index (χ3n) is 4.56. The molecule has 3 N–H and O–H groups in total. The van der Waals surface area contributed by atoms with Crippen molar-refractivity contribution in [3.05, 3.63) is 53.5 Å². The van der Waals surface area contributed by atoms with E-state index in [0.29, 0.717) is 31.1 Å². The summed E-state index contributed by atoms with van der Waals surface area (Å²) in [6, 6.07) is 9.69. The highest BCUT2D eigenvalue weighted by molar-refractivity contribution is 5.94.